The summed E-state index contributed by atoms with van der Waals surface area (Å²) < 4.78 is 0. The number of rotatable bonds is 2. The molecule has 2 aromatic carbocycles. The number of imidazole rings is 1. The normalized spacial score (nSPS) is 11.1. The number of aromatic nitrogens is 4. The van der Waals surface area contributed by atoms with Gasteiger partial charge in [-0.3, -0.25) is 0 Å². The third-order valence-electron chi connectivity index (χ3n) is 3.20. The van der Waals surface area contributed by atoms with E-state index in [9.17, 15) is 0 Å². The first-order valence-corrected chi connectivity index (χ1v) is 6.81. The number of halogens is 1. The van der Waals surface area contributed by atoms with Gasteiger partial charge in [0.1, 0.15) is 5.82 Å². The molecule has 6 heteroatoms. The first-order chi connectivity index (χ1) is 10.3. The first kappa shape index (κ1) is 12.1. The molecule has 0 unspecified atom stereocenters. The Morgan fingerprint density at radius 3 is 2.48 bits per heavy atom. The van der Waals surface area contributed by atoms with Crippen LogP contribution in [0.5, 0.6) is 0 Å². The van der Waals surface area contributed by atoms with E-state index in [4.69, 9.17) is 11.6 Å². The summed E-state index contributed by atoms with van der Waals surface area (Å²) in [7, 11) is 0. The summed E-state index contributed by atoms with van der Waals surface area (Å²) in [6, 6.07) is 15.5. The van der Waals surface area contributed by atoms with Crippen LogP contribution < -0.4 is 5.32 Å². The lowest BCUT2D eigenvalue weighted by atomic mass is 10.2. The molecule has 0 atom stereocenters. The summed E-state index contributed by atoms with van der Waals surface area (Å²) in [5.74, 6) is 1.25. The maximum absolute atomic E-state index is 5.98. The molecule has 0 saturated carbocycles. The molecule has 0 spiro atoms. The van der Waals surface area contributed by atoms with Crippen molar-refractivity contribution in [1.29, 1.82) is 0 Å². The minimum absolute atomic E-state index is 0.201. The highest BCUT2D eigenvalue weighted by Gasteiger charge is 2.08. The summed E-state index contributed by atoms with van der Waals surface area (Å²) in [6.45, 7) is 0. The Balaban J connectivity index is 1.83. The molecule has 0 aliphatic rings. The van der Waals surface area contributed by atoms with E-state index in [1.165, 1.54) is 0 Å². The summed E-state index contributed by atoms with van der Waals surface area (Å²) >= 11 is 5.98. The zero-order chi connectivity index (χ0) is 14.2. The standard InChI is InChI=1S/C15H10ClN5/c16-14-17-10-6-2-1-5-9(10)13(20-14)21-15-18-11-7-3-4-8-12(11)19-15/h1-8H,(H2,17,18,19,20,21). The Hall–Kier alpha value is -2.66. The van der Waals surface area contributed by atoms with E-state index >= 15 is 0 Å². The lowest BCUT2D eigenvalue weighted by Gasteiger charge is -2.06. The SMILES string of the molecule is Clc1nc(Nc2nc3ccccc3[nH]2)c2ccccc2n1. The Labute approximate surface area is 125 Å². The fraction of sp³-hybridized carbons (Fsp3) is 0. The highest BCUT2D eigenvalue weighted by Crippen LogP contribution is 2.25. The predicted octanol–water partition coefficient (Wildman–Crippen LogP) is 3.90. The summed E-state index contributed by atoms with van der Waals surface area (Å²) in [4.78, 5) is 16.1. The second kappa shape index (κ2) is 4.71. The van der Waals surface area contributed by atoms with Gasteiger partial charge in [-0.15, -0.1) is 0 Å². The highest BCUT2D eigenvalue weighted by atomic mass is 35.5. The fourth-order valence-corrected chi connectivity index (χ4v) is 2.44. The topological polar surface area (TPSA) is 66.5 Å². The Morgan fingerprint density at radius 1 is 0.857 bits per heavy atom. The van der Waals surface area contributed by atoms with E-state index in [1.807, 2.05) is 48.5 Å². The van der Waals surface area contributed by atoms with E-state index in [2.05, 4.69) is 25.3 Å². The summed E-state index contributed by atoms with van der Waals surface area (Å²) in [5, 5.41) is 4.27. The Bertz CT molecular complexity index is 914. The molecular formula is C15H10ClN5. The lowest BCUT2D eigenvalue weighted by Crippen LogP contribution is -1.98. The maximum atomic E-state index is 5.98. The van der Waals surface area contributed by atoms with Crippen LogP contribution in [0.1, 0.15) is 0 Å². The Kier molecular flexibility index (Phi) is 2.72. The van der Waals surface area contributed by atoms with Gasteiger partial charge in [0.05, 0.1) is 16.6 Å². The van der Waals surface area contributed by atoms with Gasteiger partial charge in [-0.2, -0.15) is 4.98 Å². The van der Waals surface area contributed by atoms with Crippen LogP contribution in [-0.4, -0.2) is 19.9 Å². The number of H-pyrrole nitrogens is 1. The van der Waals surface area contributed by atoms with Crippen LogP contribution in [0.2, 0.25) is 5.28 Å². The monoisotopic (exact) mass is 295 g/mol. The van der Waals surface area contributed by atoms with Crippen molar-refractivity contribution in [3.05, 3.63) is 53.8 Å². The van der Waals surface area contributed by atoms with Crippen LogP contribution in [0.4, 0.5) is 11.8 Å². The van der Waals surface area contributed by atoms with Crippen LogP contribution in [0.25, 0.3) is 21.9 Å². The molecule has 2 heterocycles. The first-order valence-electron chi connectivity index (χ1n) is 6.44. The quantitative estimate of drug-likeness (QED) is 0.550. The molecule has 4 aromatic rings. The molecule has 4 rings (SSSR count). The van der Waals surface area contributed by atoms with Crippen molar-refractivity contribution < 1.29 is 0 Å². The smallest absolute Gasteiger partial charge is 0.224 e. The second-order valence-electron chi connectivity index (χ2n) is 4.59. The number of nitrogens with one attached hydrogen (secondary N) is 2. The van der Waals surface area contributed by atoms with Gasteiger partial charge in [0.2, 0.25) is 11.2 Å². The molecule has 0 aliphatic carbocycles. The molecule has 21 heavy (non-hydrogen) atoms. The van der Waals surface area contributed by atoms with Gasteiger partial charge in [-0.05, 0) is 35.9 Å². The van der Waals surface area contributed by atoms with Gasteiger partial charge in [-0.25, -0.2) is 9.97 Å². The molecule has 0 bridgehead atoms. The molecule has 0 radical (unpaired) electrons. The van der Waals surface area contributed by atoms with Gasteiger partial charge in [0.25, 0.3) is 0 Å². The summed E-state index contributed by atoms with van der Waals surface area (Å²) in [5.41, 5.74) is 2.64. The van der Waals surface area contributed by atoms with E-state index < -0.39 is 0 Å². The van der Waals surface area contributed by atoms with Crippen molar-refractivity contribution in [2.45, 2.75) is 0 Å². The number of aromatic amines is 1. The molecule has 0 amide bonds. The zero-order valence-electron chi connectivity index (χ0n) is 10.8. The number of hydrogen-bond acceptors (Lipinski definition) is 4. The third kappa shape index (κ3) is 2.17. The van der Waals surface area contributed by atoms with Crippen LogP contribution in [0.3, 0.4) is 0 Å². The third-order valence-corrected chi connectivity index (χ3v) is 3.37. The maximum Gasteiger partial charge on any atom is 0.224 e. The van der Waals surface area contributed by atoms with Crippen molar-refractivity contribution >= 4 is 45.3 Å². The Morgan fingerprint density at radius 2 is 1.62 bits per heavy atom. The number of nitrogens with zero attached hydrogens (tertiary/aromatic N) is 3. The van der Waals surface area contributed by atoms with Crippen molar-refractivity contribution in [2.75, 3.05) is 5.32 Å². The zero-order valence-corrected chi connectivity index (χ0v) is 11.6. The van der Waals surface area contributed by atoms with Crippen LogP contribution >= 0.6 is 11.6 Å². The molecule has 2 aromatic heterocycles. The average Bonchev–Trinajstić information content (AvgIpc) is 2.89. The van der Waals surface area contributed by atoms with Gasteiger partial charge in [-0.1, -0.05) is 24.3 Å². The van der Waals surface area contributed by atoms with E-state index in [0.29, 0.717) is 11.8 Å². The van der Waals surface area contributed by atoms with Crippen molar-refractivity contribution in [3.8, 4) is 0 Å². The molecule has 2 N–H and O–H groups in total. The molecular weight excluding hydrogens is 286 g/mol. The van der Waals surface area contributed by atoms with Crippen LogP contribution in [0, 0.1) is 0 Å². The van der Waals surface area contributed by atoms with Crippen molar-refractivity contribution in [1.82, 2.24) is 19.9 Å². The summed E-state index contributed by atoms with van der Waals surface area (Å²) in [6.07, 6.45) is 0. The van der Waals surface area contributed by atoms with Crippen LogP contribution in [-0.2, 0) is 0 Å². The minimum Gasteiger partial charge on any atom is -0.324 e. The largest absolute Gasteiger partial charge is 0.324 e. The average molecular weight is 296 g/mol. The van der Waals surface area contributed by atoms with E-state index in [0.717, 1.165) is 21.9 Å². The van der Waals surface area contributed by atoms with Crippen molar-refractivity contribution in [2.24, 2.45) is 0 Å². The molecule has 0 saturated heterocycles. The number of benzene rings is 2. The van der Waals surface area contributed by atoms with E-state index in [-0.39, 0.29) is 5.28 Å². The van der Waals surface area contributed by atoms with Gasteiger partial charge in [0.15, 0.2) is 0 Å². The van der Waals surface area contributed by atoms with E-state index in [1.54, 1.807) is 0 Å². The fourth-order valence-electron chi connectivity index (χ4n) is 2.27. The molecule has 102 valence electrons. The van der Waals surface area contributed by atoms with Gasteiger partial charge in [0, 0.05) is 5.39 Å². The molecule has 0 fully saturated rings. The minimum atomic E-state index is 0.201. The highest BCUT2D eigenvalue weighted by molar-refractivity contribution is 6.28. The number of anilines is 2. The second-order valence-corrected chi connectivity index (χ2v) is 4.92. The van der Waals surface area contributed by atoms with Crippen LogP contribution in [0.15, 0.2) is 48.5 Å². The van der Waals surface area contributed by atoms with Gasteiger partial charge >= 0.3 is 0 Å². The molecule has 5 nitrogen and oxygen atoms in total. The van der Waals surface area contributed by atoms with Gasteiger partial charge < -0.3 is 10.3 Å². The van der Waals surface area contributed by atoms with Crippen molar-refractivity contribution in [3.63, 3.8) is 0 Å². The number of fused-ring (bicyclic) bond motifs is 2. The number of hydrogen-bond donors (Lipinski definition) is 2. The number of para-hydroxylation sites is 3. The predicted molar refractivity (Wildman–Crippen MR) is 83.9 cm³/mol. The molecule has 0 aliphatic heterocycles. The lowest BCUT2D eigenvalue weighted by molar-refractivity contribution is 1.20.